The largest absolute Gasteiger partial charge is 0.465 e. The molecule has 0 bridgehead atoms. The normalized spacial score (nSPS) is 10.9. The number of hydrogen-bond donors (Lipinski definition) is 1. The summed E-state index contributed by atoms with van der Waals surface area (Å²) in [6, 6.07) is 19.2. The van der Waals surface area contributed by atoms with Crippen LogP contribution in [0, 0.1) is 6.92 Å². The van der Waals surface area contributed by atoms with Crippen LogP contribution in [0.1, 0.15) is 26.3 Å². The average molecular weight is 439 g/mol. The number of methoxy groups -OCH3 is 1. The van der Waals surface area contributed by atoms with Crippen LogP contribution in [-0.4, -0.2) is 34.5 Å². The van der Waals surface area contributed by atoms with E-state index in [1.54, 1.807) is 61.5 Å². The molecule has 0 spiro atoms. The van der Waals surface area contributed by atoms with Crippen LogP contribution in [0.5, 0.6) is 0 Å². The molecule has 0 aliphatic rings. The number of esters is 1. The zero-order chi connectivity index (χ0) is 22.6. The Balaban J connectivity index is 1.85. The van der Waals surface area contributed by atoms with E-state index in [2.05, 4.69) is 10.1 Å². The third-order valence-electron chi connectivity index (χ3n) is 4.78. The molecule has 160 valence electrons. The Morgan fingerprint density at radius 1 is 0.903 bits per heavy atom. The minimum absolute atomic E-state index is 0.164. The van der Waals surface area contributed by atoms with Crippen LogP contribution < -0.4 is 9.62 Å². The van der Waals surface area contributed by atoms with Gasteiger partial charge < -0.3 is 10.1 Å². The number of anilines is 2. The van der Waals surface area contributed by atoms with E-state index in [1.165, 1.54) is 36.7 Å². The second kappa shape index (κ2) is 9.01. The van der Waals surface area contributed by atoms with Crippen LogP contribution >= 0.6 is 0 Å². The highest BCUT2D eigenvalue weighted by Crippen LogP contribution is 2.27. The SMILES string of the molecule is COC(=O)c1ccc(NC(=O)c2ccc(C)c(N(C)S(=O)(=O)c3ccccc3)c2)cc1. The highest BCUT2D eigenvalue weighted by Gasteiger charge is 2.23. The Bertz CT molecular complexity index is 1210. The fourth-order valence-electron chi connectivity index (χ4n) is 2.98. The quantitative estimate of drug-likeness (QED) is 0.590. The van der Waals surface area contributed by atoms with Gasteiger partial charge in [0, 0.05) is 18.3 Å². The summed E-state index contributed by atoms with van der Waals surface area (Å²) in [7, 11) is -1.02. The van der Waals surface area contributed by atoms with Gasteiger partial charge in [0.15, 0.2) is 0 Å². The van der Waals surface area contributed by atoms with Crippen molar-refractivity contribution in [3.05, 3.63) is 89.5 Å². The van der Waals surface area contributed by atoms with Gasteiger partial charge >= 0.3 is 5.97 Å². The zero-order valence-electron chi connectivity index (χ0n) is 17.3. The maximum absolute atomic E-state index is 13.0. The molecule has 8 heteroatoms. The first-order valence-electron chi connectivity index (χ1n) is 9.38. The van der Waals surface area contributed by atoms with E-state index in [-0.39, 0.29) is 4.90 Å². The van der Waals surface area contributed by atoms with Crippen LogP contribution in [0.15, 0.2) is 77.7 Å². The molecule has 31 heavy (non-hydrogen) atoms. The molecule has 7 nitrogen and oxygen atoms in total. The van der Waals surface area contributed by atoms with Crippen LogP contribution in [0.3, 0.4) is 0 Å². The topological polar surface area (TPSA) is 92.8 Å². The molecule has 0 radical (unpaired) electrons. The molecule has 0 saturated heterocycles. The minimum atomic E-state index is -3.77. The Hall–Kier alpha value is -3.65. The highest BCUT2D eigenvalue weighted by molar-refractivity contribution is 7.92. The number of aryl methyl sites for hydroxylation is 1. The van der Waals surface area contributed by atoms with E-state index in [0.717, 1.165) is 0 Å². The zero-order valence-corrected chi connectivity index (χ0v) is 18.1. The Morgan fingerprint density at radius 3 is 2.13 bits per heavy atom. The number of carbonyl (C=O) groups is 2. The number of rotatable bonds is 6. The Labute approximate surface area is 181 Å². The molecule has 0 aromatic heterocycles. The number of carbonyl (C=O) groups excluding carboxylic acids is 2. The maximum atomic E-state index is 13.0. The van der Waals surface area contributed by atoms with Gasteiger partial charge in [0.1, 0.15) is 0 Å². The lowest BCUT2D eigenvalue weighted by Gasteiger charge is -2.22. The molecule has 0 aliphatic carbocycles. The number of hydrogen-bond acceptors (Lipinski definition) is 5. The fourth-order valence-corrected chi connectivity index (χ4v) is 4.25. The van der Waals surface area contributed by atoms with Crippen molar-refractivity contribution in [1.82, 2.24) is 0 Å². The van der Waals surface area contributed by atoms with Gasteiger partial charge in [0.05, 0.1) is 23.3 Å². The van der Waals surface area contributed by atoms with Gasteiger partial charge in [0.25, 0.3) is 15.9 Å². The summed E-state index contributed by atoms with van der Waals surface area (Å²) in [5.41, 5.74) is 2.27. The smallest absolute Gasteiger partial charge is 0.337 e. The lowest BCUT2D eigenvalue weighted by molar-refractivity contribution is 0.0600. The average Bonchev–Trinajstić information content (AvgIpc) is 2.79. The van der Waals surface area contributed by atoms with E-state index >= 15 is 0 Å². The molecule has 0 unspecified atom stereocenters. The lowest BCUT2D eigenvalue weighted by Crippen LogP contribution is -2.27. The van der Waals surface area contributed by atoms with E-state index in [9.17, 15) is 18.0 Å². The summed E-state index contributed by atoms with van der Waals surface area (Å²) in [5, 5.41) is 2.74. The Morgan fingerprint density at radius 2 is 1.52 bits per heavy atom. The predicted molar refractivity (Wildman–Crippen MR) is 119 cm³/mol. The van der Waals surface area contributed by atoms with Crippen LogP contribution in [0.25, 0.3) is 0 Å². The molecule has 0 aliphatic heterocycles. The standard InChI is InChI=1S/C23H22N2O5S/c1-16-9-10-18(22(26)24-19-13-11-17(12-14-19)23(27)30-3)15-21(16)25(2)31(28,29)20-7-5-4-6-8-20/h4-15H,1-3H3,(H,24,26). The van der Waals surface area contributed by atoms with E-state index in [1.807, 2.05) is 0 Å². The first kappa shape index (κ1) is 22.0. The summed E-state index contributed by atoms with van der Waals surface area (Å²) in [4.78, 5) is 24.4. The first-order chi connectivity index (χ1) is 14.7. The Kier molecular flexibility index (Phi) is 6.41. The second-order valence-corrected chi connectivity index (χ2v) is 8.78. The molecule has 3 aromatic carbocycles. The number of nitrogens with zero attached hydrogens (tertiary/aromatic N) is 1. The van der Waals surface area contributed by atoms with Crippen molar-refractivity contribution in [2.45, 2.75) is 11.8 Å². The van der Waals surface area contributed by atoms with E-state index < -0.39 is 21.9 Å². The molecule has 0 fully saturated rings. The maximum Gasteiger partial charge on any atom is 0.337 e. The minimum Gasteiger partial charge on any atom is -0.465 e. The van der Waals surface area contributed by atoms with E-state index in [0.29, 0.717) is 28.1 Å². The van der Waals surface area contributed by atoms with E-state index in [4.69, 9.17) is 0 Å². The van der Waals surface area contributed by atoms with Gasteiger partial charge in [-0.15, -0.1) is 0 Å². The molecular weight excluding hydrogens is 416 g/mol. The van der Waals surface area contributed by atoms with Gasteiger partial charge in [-0.05, 0) is 61.0 Å². The van der Waals surface area contributed by atoms with Crippen molar-refractivity contribution in [1.29, 1.82) is 0 Å². The van der Waals surface area contributed by atoms with Crippen molar-refractivity contribution >= 4 is 33.3 Å². The molecular formula is C23H22N2O5S. The van der Waals surface area contributed by atoms with Crippen molar-refractivity contribution in [2.24, 2.45) is 0 Å². The second-order valence-electron chi connectivity index (χ2n) is 6.81. The van der Waals surface area contributed by atoms with Crippen LogP contribution in [0.4, 0.5) is 11.4 Å². The summed E-state index contributed by atoms with van der Waals surface area (Å²) in [5.74, 6) is -0.874. The highest BCUT2D eigenvalue weighted by atomic mass is 32.2. The summed E-state index contributed by atoms with van der Waals surface area (Å²) < 4.78 is 31.7. The third kappa shape index (κ3) is 4.75. The summed E-state index contributed by atoms with van der Waals surface area (Å²) >= 11 is 0. The van der Waals surface area contributed by atoms with Gasteiger partial charge in [-0.1, -0.05) is 24.3 Å². The van der Waals surface area contributed by atoms with Gasteiger partial charge in [-0.25, -0.2) is 13.2 Å². The number of benzene rings is 3. The molecule has 0 saturated carbocycles. The van der Waals surface area contributed by atoms with Gasteiger partial charge in [-0.3, -0.25) is 9.10 Å². The number of nitrogens with one attached hydrogen (secondary N) is 1. The molecule has 3 rings (SSSR count). The molecule has 3 aromatic rings. The van der Waals surface area contributed by atoms with Crippen LogP contribution in [0.2, 0.25) is 0 Å². The van der Waals surface area contributed by atoms with Crippen molar-refractivity contribution in [3.63, 3.8) is 0 Å². The predicted octanol–water partition coefficient (Wildman–Crippen LogP) is 3.86. The molecule has 0 atom stereocenters. The molecule has 1 N–H and O–H groups in total. The summed E-state index contributed by atoms with van der Waals surface area (Å²) in [6.45, 7) is 1.78. The van der Waals surface area contributed by atoms with Crippen molar-refractivity contribution in [3.8, 4) is 0 Å². The lowest BCUT2D eigenvalue weighted by atomic mass is 10.1. The van der Waals surface area contributed by atoms with Crippen molar-refractivity contribution in [2.75, 3.05) is 23.8 Å². The first-order valence-corrected chi connectivity index (χ1v) is 10.8. The monoisotopic (exact) mass is 438 g/mol. The fraction of sp³-hybridized carbons (Fsp3) is 0.130. The van der Waals surface area contributed by atoms with Crippen LogP contribution in [-0.2, 0) is 14.8 Å². The summed E-state index contributed by atoms with van der Waals surface area (Å²) in [6.07, 6.45) is 0. The van der Waals surface area contributed by atoms with Gasteiger partial charge in [0.2, 0.25) is 0 Å². The van der Waals surface area contributed by atoms with Gasteiger partial charge in [-0.2, -0.15) is 0 Å². The number of ether oxygens (including phenoxy) is 1. The molecule has 1 amide bonds. The third-order valence-corrected chi connectivity index (χ3v) is 6.56. The number of sulfonamides is 1. The van der Waals surface area contributed by atoms with Crippen molar-refractivity contribution < 1.29 is 22.7 Å². The number of amides is 1. The molecule has 0 heterocycles.